The average Bonchev–Trinajstić information content (AvgIpc) is 2.34. The number of rotatable bonds is 3. The molecule has 0 spiro atoms. The van der Waals surface area contributed by atoms with E-state index in [0.29, 0.717) is 0 Å². The number of nitrogens with two attached hydrogens (primary N) is 1. The van der Waals surface area contributed by atoms with Crippen molar-refractivity contribution in [1.29, 1.82) is 0 Å². The maximum atomic E-state index is 11.6. The fourth-order valence-corrected chi connectivity index (χ4v) is 3.41. The number of benzene rings is 1. The van der Waals surface area contributed by atoms with Crippen LogP contribution in [-0.2, 0) is 10.0 Å². The maximum absolute atomic E-state index is 11.6. The van der Waals surface area contributed by atoms with Gasteiger partial charge in [0.15, 0.2) is 0 Å². The lowest BCUT2D eigenvalue weighted by Crippen LogP contribution is -2.34. The van der Waals surface area contributed by atoms with E-state index in [9.17, 15) is 8.42 Å². The predicted octanol–water partition coefficient (Wildman–Crippen LogP) is 1.77. The topological polar surface area (TPSA) is 81.4 Å². The first-order chi connectivity index (χ1) is 8.89. The van der Waals surface area contributed by atoms with Crippen molar-refractivity contribution in [3.05, 3.63) is 22.2 Å². The van der Waals surface area contributed by atoms with Gasteiger partial charge in [0.05, 0.1) is 10.0 Å². The smallest absolute Gasteiger partial charge is 0.243 e. The van der Waals surface area contributed by atoms with Gasteiger partial charge in [0.2, 0.25) is 10.0 Å². The summed E-state index contributed by atoms with van der Waals surface area (Å²) in [5, 5.41) is 8.39. The lowest BCUT2D eigenvalue weighted by molar-refractivity contribution is 0.158. The number of hydrogen-bond donors (Lipinski definition) is 2. The van der Waals surface area contributed by atoms with Crippen LogP contribution >= 0.6 is 23.2 Å². The molecule has 0 saturated carbocycles. The van der Waals surface area contributed by atoms with Crippen molar-refractivity contribution in [3.8, 4) is 5.75 Å². The molecule has 0 aliphatic carbocycles. The first-order valence-corrected chi connectivity index (χ1v) is 8.08. The summed E-state index contributed by atoms with van der Waals surface area (Å²) in [6, 6.07) is 2.98. The molecule has 0 bridgehead atoms. The van der Waals surface area contributed by atoms with Gasteiger partial charge in [-0.25, -0.2) is 13.6 Å². The predicted molar refractivity (Wildman–Crippen MR) is 74.4 cm³/mol. The minimum Gasteiger partial charge on any atom is -0.489 e. The van der Waals surface area contributed by atoms with Gasteiger partial charge in [-0.15, -0.1) is 0 Å². The molecule has 2 rings (SSSR count). The largest absolute Gasteiger partial charge is 0.489 e. The first-order valence-electron chi connectivity index (χ1n) is 5.78. The second kappa shape index (κ2) is 5.85. The van der Waals surface area contributed by atoms with E-state index in [4.69, 9.17) is 33.1 Å². The van der Waals surface area contributed by atoms with Gasteiger partial charge in [0.25, 0.3) is 0 Å². The minimum atomic E-state index is -3.99. The molecule has 106 valence electrons. The molecule has 1 heterocycles. The SMILES string of the molecule is NS(=O)(=O)c1c(OC2CCNCC2)ccc(Cl)c1Cl. The van der Waals surface area contributed by atoms with E-state index >= 15 is 0 Å². The zero-order chi connectivity index (χ0) is 14.0. The summed E-state index contributed by atoms with van der Waals surface area (Å²) in [6.07, 6.45) is 1.54. The summed E-state index contributed by atoms with van der Waals surface area (Å²) in [7, 11) is -3.99. The van der Waals surface area contributed by atoms with Crippen LogP contribution < -0.4 is 15.2 Å². The van der Waals surface area contributed by atoms with Crippen molar-refractivity contribution in [2.24, 2.45) is 5.14 Å². The van der Waals surface area contributed by atoms with Crippen LogP contribution in [0.4, 0.5) is 0 Å². The van der Waals surface area contributed by atoms with Crippen LogP contribution in [-0.4, -0.2) is 27.6 Å². The van der Waals surface area contributed by atoms with Gasteiger partial charge in [-0.1, -0.05) is 23.2 Å². The Labute approximate surface area is 122 Å². The lowest BCUT2D eigenvalue weighted by atomic mass is 10.1. The number of ether oxygens (including phenoxy) is 1. The highest BCUT2D eigenvalue weighted by Crippen LogP contribution is 2.36. The van der Waals surface area contributed by atoms with Gasteiger partial charge in [0.1, 0.15) is 16.7 Å². The Hall–Kier alpha value is -0.530. The summed E-state index contributed by atoms with van der Waals surface area (Å²) in [5.74, 6) is 0.156. The normalized spacial score (nSPS) is 17.4. The van der Waals surface area contributed by atoms with Crippen LogP contribution in [0.3, 0.4) is 0 Å². The van der Waals surface area contributed by atoms with E-state index in [-0.39, 0.29) is 26.8 Å². The van der Waals surface area contributed by atoms with Crippen LogP contribution in [0.25, 0.3) is 0 Å². The lowest BCUT2D eigenvalue weighted by Gasteiger charge is -2.25. The number of nitrogens with one attached hydrogen (secondary N) is 1. The van der Waals surface area contributed by atoms with Crippen LogP contribution in [0.5, 0.6) is 5.75 Å². The van der Waals surface area contributed by atoms with E-state index in [1.54, 1.807) is 0 Å². The van der Waals surface area contributed by atoms with Crippen LogP contribution in [0.15, 0.2) is 17.0 Å². The van der Waals surface area contributed by atoms with Gasteiger partial charge in [-0.3, -0.25) is 0 Å². The molecule has 1 fully saturated rings. The fraction of sp³-hybridized carbons (Fsp3) is 0.455. The summed E-state index contributed by atoms with van der Waals surface area (Å²) in [6.45, 7) is 1.66. The monoisotopic (exact) mass is 324 g/mol. The Morgan fingerprint density at radius 3 is 2.47 bits per heavy atom. The Kier molecular flexibility index (Phi) is 4.58. The van der Waals surface area contributed by atoms with Gasteiger partial charge in [-0.2, -0.15) is 0 Å². The van der Waals surface area contributed by atoms with Crippen molar-refractivity contribution in [3.63, 3.8) is 0 Å². The second-order valence-corrected chi connectivity index (χ2v) is 6.58. The summed E-state index contributed by atoms with van der Waals surface area (Å²) < 4.78 is 28.9. The van der Waals surface area contributed by atoms with E-state index in [1.165, 1.54) is 12.1 Å². The molecule has 8 heteroatoms. The molecule has 19 heavy (non-hydrogen) atoms. The van der Waals surface area contributed by atoms with Crippen LogP contribution in [0.1, 0.15) is 12.8 Å². The Morgan fingerprint density at radius 2 is 1.89 bits per heavy atom. The van der Waals surface area contributed by atoms with Gasteiger partial charge in [-0.05, 0) is 38.1 Å². The van der Waals surface area contributed by atoms with Gasteiger partial charge in [0, 0.05) is 0 Å². The molecule has 0 radical (unpaired) electrons. The third-order valence-electron chi connectivity index (χ3n) is 2.88. The van der Waals surface area contributed by atoms with Crippen molar-refractivity contribution in [2.45, 2.75) is 23.8 Å². The Morgan fingerprint density at radius 1 is 1.26 bits per heavy atom. The van der Waals surface area contributed by atoms with Gasteiger partial charge >= 0.3 is 0 Å². The molecule has 0 amide bonds. The standard InChI is InChI=1S/C11H14Cl2N2O3S/c12-8-1-2-9(11(10(8)13)19(14,16)17)18-7-3-5-15-6-4-7/h1-2,7,15H,3-6H2,(H2,14,16,17). The molecular formula is C11H14Cl2N2O3S. The van der Waals surface area contributed by atoms with E-state index < -0.39 is 10.0 Å². The van der Waals surface area contributed by atoms with E-state index in [1.807, 2.05) is 0 Å². The van der Waals surface area contributed by atoms with Crippen molar-refractivity contribution < 1.29 is 13.2 Å². The maximum Gasteiger partial charge on any atom is 0.243 e. The second-order valence-electron chi connectivity index (χ2n) is 4.30. The molecule has 0 atom stereocenters. The molecule has 0 unspecified atom stereocenters. The molecule has 1 saturated heterocycles. The minimum absolute atomic E-state index is 0.0565. The molecule has 1 aromatic carbocycles. The molecule has 1 aliphatic rings. The molecule has 1 aromatic rings. The molecule has 0 aromatic heterocycles. The Bertz CT molecular complexity index is 572. The summed E-state index contributed by atoms with van der Waals surface area (Å²) >= 11 is 11.7. The third-order valence-corrected chi connectivity index (χ3v) is 4.77. The quantitative estimate of drug-likeness (QED) is 0.887. The van der Waals surface area contributed by atoms with Gasteiger partial charge < -0.3 is 10.1 Å². The first kappa shape index (κ1) is 14.9. The zero-order valence-corrected chi connectivity index (χ0v) is 12.4. The van der Waals surface area contributed by atoms with Crippen LogP contribution in [0.2, 0.25) is 10.0 Å². The molecular weight excluding hydrogens is 311 g/mol. The number of sulfonamides is 1. The zero-order valence-electron chi connectivity index (χ0n) is 10.0. The number of halogens is 2. The molecule has 3 N–H and O–H groups in total. The third kappa shape index (κ3) is 3.52. The number of piperidine rings is 1. The highest BCUT2D eigenvalue weighted by molar-refractivity contribution is 7.89. The van der Waals surface area contributed by atoms with Crippen molar-refractivity contribution >= 4 is 33.2 Å². The summed E-state index contributed by atoms with van der Waals surface area (Å²) in [5.41, 5.74) is 0. The van der Waals surface area contributed by atoms with Crippen LogP contribution in [0, 0.1) is 0 Å². The number of hydrogen-bond acceptors (Lipinski definition) is 4. The Balaban J connectivity index is 2.37. The molecule has 5 nitrogen and oxygen atoms in total. The van der Waals surface area contributed by atoms with Crippen molar-refractivity contribution in [2.75, 3.05) is 13.1 Å². The highest BCUT2D eigenvalue weighted by atomic mass is 35.5. The van der Waals surface area contributed by atoms with E-state index in [2.05, 4.69) is 5.32 Å². The fourth-order valence-electron chi connectivity index (χ4n) is 1.97. The number of primary sulfonamides is 1. The molecule has 1 aliphatic heterocycles. The van der Waals surface area contributed by atoms with Crippen molar-refractivity contribution in [1.82, 2.24) is 5.32 Å². The average molecular weight is 325 g/mol. The summed E-state index contributed by atoms with van der Waals surface area (Å²) in [4.78, 5) is -0.250. The van der Waals surface area contributed by atoms with E-state index in [0.717, 1.165) is 25.9 Å². The highest BCUT2D eigenvalue weighted by Gasteiger charge is 2.24.